The van der Waals surface area contributed by atoms with Gasteiger partial charge in [0.25, 0.3) is 0 Å². The first-order chi connectivity index (χ1) is 6.76. The first kappa shape index (κ1) is 12.4. The predicted octanol–water partition coefficient (Wildman–Crippen LogP) is 3.30. The van der Waals surface area contributed by atoms with Gasteiger partial charge in [-0.15, -0.1) is 0 Å². The van der Waals surface area contributed by atoms with E-state index in [0.717, 1.165) is 12.0 Å². The molecule has 2 heteroatoms. The summed E-state index contributed by atoms with van der Waals surface area (Å²) in [6.07, 6.45) is 5.63. The standard InChI is InChI=1S/C12H25NS/c1-4-11-6-7-12(8-11)13-10(3)9-14-5-2/h10-13H,4-9H2,1-3H3. The molecule has 0 saturated heterocycles. The second-order valence-corrected chi connectivity index (χ2v) is 5.83. The van der Waals surface area contributed by atoms with Crippen molar-refractivity contribution in [3.05, 3.63) is 0 Å². The number of hydrogen-bond acceptors (Lipinski definition) is 2. The molecule has 3 atom stereocenters. The average molecular weight is 215 g/mol. The Kier molecular flexibility index (Phi) is 5.95. The summed E-state index contributed by atoms with van der Waals surface area (Å²) in [5.41, 5.74) is 0. The Morgan fingerprint density at radius 1 is 1.36 bits per heavy atom. The summed E-state index contributed by atoms with van der Waals surface area (Å²) >= 11 is 2.04. The van der Waals surface area contributed by atoms with E-state index in [1.54, 1.807) is 0 Å². The molecule has 1 saturated carbocycles. The highest BCUT2D eigenvalue weighted by atomic mass is 32.2. The van der Waals surface area contributed by atoms with Crippen molar-refractivity contribution in [1.82, 2.24) is 5.32 Å². The third-order valence-electron chi connectivity index (χ3n) is 3.21. The second-order valence-electron chi connectivity index (χ2n) is 4.51. The molecule has 0 radical (unpaired) electrons. The smallest absolute Gasteiger partial charge is 0.0132 e. The maximum absolute atomic E-state index is 3.76. The number of thioether (sulfide) groups is 1. The minimum Gasteiger partial charge on any atom is -0.311 e. The molecule has 0 aliphatic heterocycles. The fraction of sp³-hybridized carbons (Fsp3) is 1.00. The van der Waals surface area contributed by atoms with Crippen LogP contribution in [0, 0.1) is 5.92 Å². The van der Waals surface area contributed by atoms with Gasteiger partial charge in [0.05, 0.1) is 0 Å². The summed E-state index contributed by atoms with van der Waals surface area (Å²) in [6, 6.07) is 1.51. The number of nitrogens with one attached hydrogen (secondary N) is 1. The maximum atomic E-state index is 3.76. The van der Waals surface area contributed by atoms with Crippen molar-refractivity contribution in [2.24, 2.45) is 5.92 Å². The quantitative estimate of drug-likeness (QED) is 0.729. The normalized spacial score (nSPS) is 29.4. The van der Waals surface area contributed by atoms with Crippen LogP contribution in [0.5, 0.6) is 0 Å². The molecule has 0 amide bonds. The zero-order valence-electron chi connectivity index (χ0n) is 9.88. The molecule has 1 N–H and O–H groups in total. The molecule has 1 aliphatic rings. The Labute approximate surface area is 93.4 Å². The minimum absolute atomic E-state index is 0.695. The van der Waals surface area contributed by atoms with Gasteiger partial charge >= 0.3 is 0 Å². The van der Waals surface area contributed by atoms with Gasteiger partial charge in [0.1, 0.15) is 0 Å². The van der Waals surface area contributed by atoms with Crippen LogP contribution in [0.4, 0.5) is 0 Å². The largest absolute Gasteiger partial charge is 0.311 e. The molecule has 0 aromatic rings. The van der Waals surface area contributed by atoms with Gasteiger partial charge in [0, 0.05) is 17.8 Å². The van der Waals surface area contributed by atoms with Crippen LogP contribution in [0.2, 0.25) is 0 Å². The molecule has 3 unspecified atom stereocenters. The van der Waals surface area contributed by atoms with Crippen molar-refractivity contribution in [3.8, 4) is 0 Å². The van der Waals surface area contributed by atoms with Crippen LogP contribution >= 0.6 is 11.8 Å². The van der Waals surface area contributed by atoms with E-state index < -0.39 is 0 Å². The lowest BCUT2D eigenvalue weighted by Crippen LogP contribution is -2.36. The SMILES string of the molecule is CCSCC(C)NC1CCC(CC)C1. The third kappa shape index (κ3) is 4.22. The molecule has 0 bridgehead atoms. The van der Waals surface area contributed by atoms with E-state index >= 15 is 0 Å². The molecule has 1 rings (SSSR count). The Bertz CT molecular complexity index is 149. The lowest BCUT2D eigenvalue weighted by atomic mass is 10.1. The zero-order valence-corrected chi connectivity index (χ0v) is 10.7. The highest BCUT2D eigenvalue weighted by molar-refractivity contribution is 7.99. The summed E-state index contributed by atoms with van der Waals surface area (Å²) in [6.45, 7) is 6.88. The van der Waals surface area contributed by atoms with Crippen molar-refractivity contribution >= 4 is 11.8 Å². The van der Waals surface area contributed by atoms with E-state index in [-0.39, 0.29) is 0 Å². The lowest BCUT2D eigenvalue weighted by molar-refractivity contribution is 0.448. The summed E-state index contributed by atoms with van der Waals surface area (Å²) in [5.74, 6) is 3.51. The van der Waals surface area contributed by atoms with E-state index in [1.807, 2.05) is 11.8 Å². The Hall–Kier alpha value is 0.310. The van der Waals surface area contributed by atoms with Crippen molar-refractivity contribution in [3.63, 3.8) is 0 Å². The van der Waals surface area contributed by atoms with Crippen LogP contribution in [-0.2, 0) is 0 Å². The lowest BCUT2D eigenvalue weighted by Gasteiger charge is -2.19. The Morgan fingerprint density at radius 2 is 2.14 bits per heavy atom. The molecule has 0 aromatic heterocycles. The van der Waals surface area contributed by atoms with Gasteiger partial charge in [-0.05, 0) is 37.9 Å². The first-order valence-electron chi connectivity index (χ1n) is 6.10. The fourth-order valence-electron chi connectivity index (χ4n) is 2.34. The highest BCUT2D eigenvalue weighted by Gasteiger charge is 2.23. The van der Waals surface area contributed by atoms with Gasteiger partial charge < -0.3 is 5.32 Å². The van der Waals surface area contributed by atoms with Crippen LogP contribution in [-0.4, -0.2) is 23.6 Å². The molecule has 1 fully saturated rings. The van der Waals surface area contributed by atoms with Crippen molar-refractivity contribution in [1.29, 1.82) is 0 Å². The second kappa shape index (κ2) is 6.73. The summed E-state index contributed by atoms with van der Waals surface area (Å²) in [7, 11) is 0. The number of rotatable bonds is 6. The monoisotopic (exact) mass is 215 g/mol. The van der Waals surface area contributed by atoms with Crippen molar-refractivity contribution < 1.29 is 0 Å². The molecule has 14 heavy (non-hydrogen) atoms. The summed E-state index contributed by atoms with van der Waals surface area (Å²) < 4.78 is 0. The molecule has 84 valence electrons. The topological polar surface area (TPSA) is 12.0 Å². The maximum Gasteiger partial charge on any atom is 0.0132 e. The van der Waals surface area contributed by atoms with E-state index in [0.29, 0.717) is 6.04 Å². The predicted molar refractivity (Wildman–Crippen MR) is 67.0 cm³/mol. The molecule has 0 aromatic carbocycles. The van der Waals surface area contributed by atoms with Crippen LogP contribution < -0.4 is 5.32 Å². The van der Waals surface area contributed by atoms with Crippen molar-refractivity contribution in [2.45, 2.75) is 58.5 Å². The van der Waals surface area contributed by atoms with Gasteiger partial charge in [-0.2, -0.15) is 11.8 Å². The summed E-state index contributed by atoms with van der Waals surface area (Å²) in [5, 5.41) is 3.76. The molecule has 1 nitrogen and oxygen atoms in total. The average Bonchev–Trinajstić information content (AvgIpc) is 2.62. The van der Waals surface area contributed by atoms with Gasteiger partial charge in [0.2, 0.25) is 0 Å². The molecule has 0 heterocycles. The Morgan fingerprint density at radius 3 is 2.71 bits per heavy atom. The van der Waals surface area contributed by atoms with Gasteiger partial charge in [-0.3, -0.25) is 0 Å². The van der Waals surface area contributed by atoms with E-state index in [2.05, 4.69) is 26.1 Å². The molecule has 1 aliphatic carbocycles. The van der Waals surface area contributed by atoms with E-state index in [4.69, 9.17) is 0 Å². The van der Waals surface area contributed by atoms with Crippen LogP contribution in [0.1, 0.15) is 46.5 Å². The van der Waals surface area contributed by atoms with E-state index in [1.165, 1.54) is 37.2 Å². The van der Waals surface area contributed by atoms with E-state index in [9.17, 15) is 0 Å². The van der Waals surface area contributed by atoms with Crippen LogP contribution in [0.3, 0.4) is 0 Å². The van der Waals surface area contributed by atoms with Crippen LogP contribution in [0.15, 0.2) is 0 Å². The van der Waals surface area contributed by atoms with Crippen LogP contribution in [0.25, 0.3) is 0 Å². The van der Waals surface area contributed by atoms with Crippen molar-refractivity contribution in [2.75, 3.05) is 11.5 Å². The summed E-state index contributed by atoms with van der Waals surface area (Å²) in [4.78, 5) is 0. The van der Waals surface area contributed by atoms with Gasteiger partial charge in [0.15, 0.2) is 0 Å². The molecular formula is C12H25NS. The minimum atomic E-state index is 0.695. The zero-order chi connectivity index (χ0) is 10.4. The van der Waals surface area contributed by atoms with Gasteiger partial charge in [-0.1, -0.05) is 20.3 Å². The highest BCUT2D eigenvalue weighted by Crippen LogP contribution is 2.28. The third-order valence-corrected chi connectivity index (χ3v) is 4.35. The van der Waals surface area contributed by atoms with Gasteiger partial charge in [-0.25, -0.2) is 0 Å². The fourth-order valence-corrected chi connectivity index (χ4v) is 3.03. The first-order valence-corrected chi connectivity index (χ1v) is 7.25. The number of hydrogen-bond donors (Lipinski definition) is 1. The molecule has 0 spiro atoms. The Balaban J connectivity index is 2.12. The molecular weight excluding hydrogens is 190 g/mol.